The molecule has 1 saturated heterocycles. The molecule has 1 aliphatic heterocycles. The Balaban J connectivity index is 2.29. The van der Waals surface area contributed by atoms with Crippen LogP contribution >= 0.6 is 0 Å². The van der Waals surface area contributed by atoms with Crippen LogP contribution in [0.3, 0.4) is 0 Å². The molecule has 0 aliphatic carbocycles. The fourth-order valence-corrected chi connectivity index (χ4v) is 2.62. The van der Waals surface area contributed by atoms with Gasteiger partial charge in [0, 0.05) is 24.8 Å². The normalized spacial score (nSPS) is 25.1. The molecule has 2 rings (SSSR count). The lowest BCUT2D eigenvalue weighted by Crippen LogP contribution is -2.42. The van der Waals surface area contributed by atoms with Gasteiger partial charge in [-0.3, -0.25) is 0 Å². The van der Waals surface area contributed by atoms with Crippen LogP contribution in [-0.2, 0) is 6.54 Å². The molecule has 1 aliphatic rings. The largest absolute Gasteiger partial charge is 0.368 e. The molecular weight excluding hydrogens is 215 g/mol. The average Bonchev–Trinajstić information content (AvgIpc) is 2.31. The summed E-state index contributed by atoms with van der Waals surface area (Å²) in [5.41, 5.74) is 7.44. The van der Waals surface area contributed by atoms with Crippen molar-refractivity contribution >= 4 is 5.69 Å². The molecule has 1 heterocycles. The number of rotatable bonds is 2. The van der Waals surface area contributed by atoms with Crippen LogP contribution in [0.25, 0.3) is 0 Å². The first-order chi connectivity index (χ1) is 8.11. The topological polar surface area (TPSA) is 29.3 Å². The molecule has 3 heteroatoms. The number of hydrogen-bond acceptors (Lipinski definition) is 2. The summed E-state index contributed by atoms with van der Waals surface area (Å²) >= 11 is 0. The van der Waals surface area contributed by atoms with Gasteiger partial charge >= 0.3 is 0 Å². The van der Waals surface area contributed by atoms with E-state index in [0.29, 0.717) is 18.5 Å². The fourth-order valence-electron chi connectivity index (χ4n) is 2.62. The molecule has 0 aromatic heterocycles. The third-order valence-corrected chi connectivity index (χ3v) is 3.88. The van der Waals surface area contributed by atoms with Gasteiger partial charge in [0.2, 0.25) is 0 Å². The molecule has 1 aromatic carbocycles. The van der Waals surface area contributed by atoms with Crippen molar-refractivity contribution < 1.29 is 4.39 Å². The third kappa shape index (κ3) is 2.60. The van der Waals surface area contributed by atoms with Crippen molar-refractivity contribution in [3.63, 3.8) is 0 Å². The molecule has 17 heavy (non-hydrogen) atoms. The van der Waals surface area contributed by atoms with Crippen LogP contribution in [0.15, 0.2) is 18.2 Å². The van der Waals surface area contributed by atoms with Crippen LogP contribution in [0.5, 0.6) is 0 Å². The quantitative estimate of drug-likeness (QED) is 0.855. The number of hydrogen-bond donors (Lipinski definition) is 1. The van der Waals surface area contributed by atoms with E-state index in [9.17, 15) is 4.39 Å². The highest BCUT2D eigenvalue weighted by atomic mass is 19.1. The van der Waals surface area contributed by atoms with Crippen molar-refractivity contribution in [2.24, 2.45) is 11.7 Å². The number of piperidine rings is 1. The predicted molar refractivity (Wildman–Crippen MR) is 69.5 cm³/mol. The Hall–Kier alpha value is -1.09. The maximum atomic E-state index is 13.5. The summed E-state index contributed by atoms with van der Waals surface area (Å²) in [4.78, 5) is 2.30. The van der Waals surface area contributed by atoms with E-state index < -0.39 is 0 Å². The monoisotopic (exact) mass is 236 g/mol. The Kier molecular flexibility index (Phi) is 3.67. The summed E-state index contributed by atoms with van der Waals surface area (Å²) in [6.07, 6.45) is 2.44. The van der Waals surface area contributed by atoms with Crippen molar-refractivity contribution in [1.82, 2.24) is 0 Å². The number of benzene rings is 1. The van der Waals surface area contributed by atoms with Crippen molar-refractivity contribution in [1.29, 1.82) is 0 Å². The zero-order chi connectivity index (χ0) is 12.4. The van der Waals surface area contributed by atoms with Crippen LogP contribution in [0.1, 0.15) is 32.3 Å². The van der Waals surface area contributed by atoms with E-state index >= 15 is 0 Å². The first-order valence-electron chi connectivity index (χ1n) is 6.38. The molecule has 2 atom stereocenters. The zero-order valence-electron chi connectivity index (χ0n) is 10.6. The van der Waals surface area contributed by atoms with E-state index in [2.05, 4.69) is 18.7 Å². The SMILES string of the molecule is CC1CCCN(c2cc(F)cc(CN)c2)C1C. The maximum absolute atomic E-state index is 13.5. The Morgan fingerprint density at radius 2 is 2.12 bits per heavy atom. The van der Waals surface area contributed by atoms with Crippen LogP contribution in [0, 0.1) is 11.7 Å². The zero-order valence-corrected chi connectivity index (χ0v) is 10.6. The Morgan fingerprint density at radius 1 is 1.35 bits per heavy atom. The second-order valence-corrected chi connectivity index (χ2v) is 5.08. The molecular formula is C14H21FN2. The highest BCUT2D eigenvalue weighted by Crippen LogP contribution is 2.29. The molecule has 0 saturated carbocycles. The highest BCUT2D eigenvalue weighted by Gasteiger charge is 2.25. The van der Waals surface area contributed by atoms with Gasteiger partial charge in [0.25, 0.3) is 0 Å². The Bertz CT molecular complexity index is 392. The Labute approximate surface area is 103 Å². The number of nitrogens with two attached hydrogens (primary N) is 1. The van der Waals surface area contributed by atoms with Crippen molar-refractivity contribution in [2.45, 2.75) is 39.3 Å². The minimum absolute atomic E-state index is 0.187. The van der Waals surface area contributed by atoms with Crippen molar-refractivity contribution in [3.05, 3.63) is 29.6 Å². The van der Waals surface area contributed by atoms with Crippen LogP contribution in [0.2, 0.25) is 0 Å². The van der Waals surface area contributed by atoms with Gasteiger partial charge in [0.15, 0.2) is 0 Å². The highest BCUT2D eigenvalue weighted by molar-refractivity contribution is 5.50. The molecule has 0 radical (unpaired) electrons. The van der Waals surface area contributed by atoms with Crippen molar-refractivity contribution in [2.75, 3.05) is 11.4 Å². The summed E-state index contributed by atoms with van der Waals surface area (Å²) < 4.78 is 13.5. The lowest BCUT2D eigenvalue weighted by Gasteiger charge is -2.39. The van der Waals surface area contributed by atoms with E-state index in [4.69, 9.17) is 5.73 Å². The molecule has 1 fully saturated rings. The van der Waals surface area contributed by atoms with E-state index in [1.165, 1.54) is 18.9 Å². The fraction of sp³-hybridized carbons (Fsp3) is 0.571. The lowest BCUT2D eigenvalue weighted by atomic mass is 9.91. The van der Waals surface area contributed by atoms with E-state index in [1.54, 1.807) is 6.07 Å². The molecule has 2 N–H and O–H groups in total. The number of anilines is 1. The van der Waals surface area contributed by atoms with Crippen LogP contribution in [0.4, 0.5) is 10.1 Å². The summed E-state index contributed by atoms with van der Waals surface area (Å²) in [5.74, 6) is 0.474. The van der Waals surface area contributed by atoms with Crippen LogP contribution in [-0.4, -0.2) is 12.6 Å². The second-order valence-electron chi connectivity index (χ2n) is 5.08. The average molecular weight is 236 g/mol. The van der Waals surface area contributed by atoms with Gasteiger partial charge in [-0.1, -0.05) is 6.92 Å². The van der Waals surface area contributed by atoms with Crippen molar-refractivity contribution in [3.8, 4) is 0 Å². The first-order valence-corrected chi connectivity index (χ1v) is 6.38. The first kappa shape index (κ1) is 12.4. The minimum atomic E-state index is -0.187. The molecule has 2 nitrogen and oxygen atoms in total. The minimum Gasteiger partial charge on any atom is -0.368 e. The smallest absolute Gasteiger partial charge is 0.125 e. The predicted octanol–water partition coefficient (Wildman–Crippen LogP) is 2.91. The van der Waals surface area contributed by atoms with Crippen LogP contribution < -0.4 is 10.6 Å². The van der Waals surface area contributed by atoms with Gasteiger partial charge in [0.1, 0.15) is 5.82 Å². The van der Waals surface area contributed by atoms with Gasteiger partial charge < -0.3 is 10.6 Å². The molecule has 1 aromatic rings. The molecule has 0 spiro atoms. The molecule has 2 unspecified atom stereocenters. The lowest BCUT2D eigenvalue weighted by molar-refractivity contribution is 0.363. The summed E-state index contributed by atoms with van der Waals surface area (Å²) in [6.45, 7) is 5.89. The van der Waals surface area contributed by atoms with E-state index in [-0.39, 0.29) is 5.82 Å². The van der Waals surface area contributed by atoms with E-state index in [0.717, 1.165) is 17.8 Å². The third-order valence-electron chi connectivity index (χ3n) is 3.88. The molecule has 0 amide bonds. The molecule has 94 valence electrons. The van der Waals surface area contributed by atoms with E-state index in [1.807, 2.05) is 6.07 Å². The number of nitrogens with zero attached hydrogens (tertiary/aromatic N) is 1. The van der Waals surface area contributed by atoms with Gasteiger partial charge in [-0.05, 0) is 49.4 Å². The molecule has 0 bridgehead atoms. The summed E-state index contributed by atoms with van der Waals surface area (Å²) in [6, 6.07) is 5.61. The summed E-state index contributed by atoms with van der Waals surface area (Å²) in [5, 5.41) is 0. The second kappa shape index (κ2) is 5.05. The number of halogens is 1. The Morgan fingerprint density at radius 3 is 2.82 bits per heavy atom. The standard InChI is InChI=1S/C14H21FN2/c1-10-4-3-5-17(11(10)2)14-7-12(9-16)6-13(15)8-14/h6-8,10-11H,3-5,9,16H2,1-2H3. The summed E-state index contributed by atoms with van der Waals surface area (Å²) in [7, 11) is 0. The maximum Gasteiger partial charge on any atom is 0.125 e. The van der Waals surface area contributed by atoms with Gasteiger partial charge in [-0.15, -0.1) is 0 Å². The van der Waals surface area contributed by atoms with Gasteiger partial charge in [-0.25, -0.2) is 4.39 Å². The van der Waals surface area contributed by atoms with Gasteiger partial charge in [-0.2, -0.15) is 0 Å². The van der Waals surface area contributed by atoms with Gasteiger partial charge in [0.05, 0.1) is 0 Å².